The van der Waals surface area contributed by atoms with Gasteiger partial charge in [0.1, 0.15) is 6.61 Å². The van der Waals surface area contributed by atoms with E-state index < -0.39 is 0 Å². The van der Waals surface area contributed by atoms with Crippen LogP contribution in [0.25, 0.3) is 0 Å². The van der Waals surface area contributed by atoms with Crippen molar-refractivity contribution >= 4 is 34.8 Å². The van der Waals surface area contributed by atoms with Gasteiger partial charge in [-0.15, -0.1) is 0 Å². The van der Waals surface area contributed by atoms with Crippen LogP contribution in [0.1, 0.15) is 0 Å². The molecule has 1 aromatic rings. The number of rotatable bonds is 7. The average Bonchev–Trinajstić information content (AvgIpc) is 2.26. The summed E-state index contributed by atoms with van der Waals surface area (Å²) in [7, 11) is 1.66. The highest BCUT2D eigenvalue weighted by atomic mass is 35.5. The molecule has 1 aromatic carbocycles. The molecule has 0 aliphatic rings. The van der Waals surface area contributed by atoms with Gasteiger partial charge in [-0.25, -0.2) is 0 Å². The van der Waals surface area contributed by atoms with Crippen LogP contribution in [0, 0.1) is 0 Å². The molecule has 0 spiro atoms. The van der Waals surface area contributed by atoms with E-state index in [0.29, 0.717) is 40.6 Å². The molecule has 1 N–H and O–H groups in total. The highest BCUT2D eigenvalue weighted by Gasteiger charge is 2.08. The molecule has 0 saturated heterocycles. The molecule has 0 amide bonds. The highest BCUT2D eigenvalue weighted by molar-refractivity contribution is 6.40. The first-order valence-electron chi connectivity index (χ1n) is 5.12. The minimum atomic E-state index is 0.416. The van der Waals surface area contributed by atoms with Crippen molar-refractivity contribution in [3.05, 3.63) is 27.2 Å². The van der Waals surface area contributed by atoms with Gasteiger partial charge in [-0.2, -0.15) is 0 Å². The molecule has 3 nitrogen and oxygen atoms in total. The maximum absolute atomic E-state index is 5.96. The number of hydrogen-bond acceptors (Lipinski definition) is 3. The van der Waals surface area contributed by atoms with E-state index >= 15 is 0 Å². The van der Waals surface area contributed by atoms with Gasteiger partial charge in [-0.05, 0) is 12.1 Å². The molecule has 0 radical (unpaired) electrons. The Hall–Kier alpha value is -0.190. The van der Waals surface area contributed by atoms with Gasteiger partial charge in [0.15, 0.2) is 5.75 Å². The number of benzene rings is 1. The van der Waals surface area contributed by atoms with Gasteiger partial charge in [-0.3, -0.25) is 0 Å². The molecule has 0 saturated carbocycles. The van der Waals surface area contributed by atoms with E-state index in [1.54, 1.807) is 19.2 Å². The largest absolute Gasteiger partial charge is 0.489 e. The number of ether oxygens (including phenoxy) is 2. The topological polar surface area (TPSA) is 30.5 Å². The third-order valence-electron chi connectivity index (χ3n) is 1.97. The van der Waals surface area contributed by atoms with Crippen molar-refractivity contribution in [1.29, 1.82) is 0 Å². The van der Waals surface area contributed by atoms with Crippen molar-refractivity contribution in [2.75, 3.05) is 33.4 Å². The van der Waals surface area contributed by atoms with E-state index in [1.807, 2.05) is 0 Å². The quantitative estimate of drug-likeness (QED) is 0.784. The van der Waals surface area contributed by atoms with Crippen LogP contribution in [-0.2, 0) is 4.74 Å². The second-order valence-corrected chi connectivity index (χ2v) is 4.54. The van der Waals surface area contributed by atoms with Crippen molar-refractivity contribution in [3.63, 3.8) is 0 Å². The molecule has 0 aromatic heterocycles. The van der Waals surface area contributed by atoms with Gasteiger partial charge < -0.3 is 14.8 Å². The zero-order valence-corrected chi connectivity index (χ0v) is 11.7. The third kappa shape index (κ3) is 5.32. The predicted octanol–water partition coefficient (Wildman–Crippen LogP) is 3.26. The lowest BCUT2D eigenvalue weighted by Gasteiger charge is -2.10. The second kappa shape index (κ2) is 8.01. The molecule has 17 heavy (non-hydrogen) atoms. The fourth-order valence-corrected chi connectivity index (χ4v) is 2.12. The van der Waals surface area contributed by atoms with Crippen molar-refractivity contribution in [2.45, 2.75) is 0 Å². The zero-order chi connectivity index (χ0) is 12.7. The van der Waals surface area contributed by atoms with Crippen LogP contribution in [0.5, 0.6) is 5.75 Å². The molecule has 6 heteroatoms. The smallest absolute Gasteiger partial charge is 0.156 e. The van der Waals surface area contributed by atoms with Crippen LogP contribution < -0.4 is 10.1 Å². The summed E-state index contributed by atoms with van der Waals surface area (Å²) in [5, 5.41) is 4.47. The molecule has 0 aliphatic carbocycles. The first kappa shape index (κ1) is 14.9. The van der Waals surface area contributed by atoms with Gasteiger partial charge >= 0.3 is 0 Å². The van der Waals surface area contributed by atoms with Gasteiger partial charge in [-0.1, -0.05) is 34.8 Å². The summed E-state index contributed by atoms with van der Waals surface area (Å²) in [5.74, 6) is 0.464. The van der Waals surface area contributed by atoms with Crippen molar-refractivity contribution in [2.24, 2.45) is 0 Å². The maximum atomic E-state index is 5.96. The Kier molecular flexibility index (Phi) is 7.00. The number of halogens is 3. The van der Waals surface area contributed by atoms with Crippen molar-refractivity contribution in [1.82, 2.24) is 5.32 Å². The predicted molar refractivity (Wildman–Crippen MR) is 71.7 cm³/mol. The Labute approximate surface area is 116 Å². The van der Waals surface area contributed by atoms with Gasteiger partial charge in [0.05, 0.1) is 16.7 Å². The number of nitrogens with one attached hydrogen (secondary N) is 1. The molecule has 0 atom stereocenters. The van der Waals surface area contributed by atoms with Crippen molar-refractivity contribution < 1.29 is 9.47 Å². The molecule has 0 heterocycles. The Bertz CT molecular complexity index is 338. The normalized spacial score (nSPS) is 10.6. The van der Waals surface area contributed by atoms with E-state index in [9.17, 15) is 0 Å². The molecule has 0 fully saturated rings. The first-order chi connectivity index (χ1) is 8.15. The third-order valence-corrected chi connectivity index (χ3v) is 2.75. The summed E-state index contributed by atoms with van der Waals surface area (Å²) in [5.41, 5.74) is 0. The molecule has 96 valence electrons. The van der Waals surface area contributed by atoms with E-state index in [1.165, 1.54) is 0 Å². The van der Waals surface area contributed by atoms with Crippen LogP contribution in [-0.4, -0.2) is 33.4 Å². The fourth-order valence-electron chi connectivity index (χ4n) is 1.19. The molecule has 0 aliphatic heterocycles. The summed E-state index contributed by atoms with van der Waals surface area (Å²) >= 11 is 17.7. The summed E-state index contributed by atoms with van der Waals surface area (Å²) < 4.78 is 10.4. The Morgan fingerprint density at radius 3 is 2.24 bits per heavy atom. The average molecular weight is 299 g/mol. The summed E-state index contributed by atoms with van der Waals surface area (Å²) in [6, 6.07) is 3.20. The van der Waals surface area contributed by atoms with Crippen LogP contribution in [0.4, 0.5) is 0 Å². The fraction of sp³-hybridized carbons (Fsp3) is 0.455. The van der Waals surface area contributed by atoms with Crippen molar-refractivity contribution in [3.8, 4) is 5.75 Å². The molecular weight excluding hydrogens is 284 g/mol. The summed E-state index contributed by atoms with van der Waals surface area (Å²) in [4.78, 5) is 0. The maximum Gasteiger partial charge on any atom is 0.156 e. The van der Waals surface area contributed by atoms with E-state index in [2.05, 4.69) is 5.32 Å². The lowest BCUT2D eigenvalue weighted by Crippen LogP contribution is -2.24. The SMILES string of the molecule is COCCNCCOc1c(Cl)cc(Cl)cc1Cl. The molecular formula is C11H14Cl3NO2. The van der Waals surface area contributed by atoms with E-state index in [4.69, 9.17) is 44.3 Å². The van der Waals surface area contributed by atoms with Gasteiger partial charge in [0.2, 0.25) is 0 Å². The minimum Gasteiger partial charge on any atom is -0.489 e. The second-order valence-electron chi connectivity index (χ2n) is 3.29. The number of methoxy groups -OCH3 is 1. The Morgan fingerprint density at radius 2 is 1.65 bits per heavy atom. The standard InChI is InChI=1S/C11H14Cl3NO2/c1-16-4-2-15-3-5-17-11-9(13)6-8(12)7-10(11)14/h6-7,15H,2-5H2,1H3. The van der Waals surface area contributed by atoms with Crippen LogP contribution >= 0.6 is 34.8 Å². The zero-order valence-electron chi connectivity index (χ0n) is 9.43. The minimum absolute atomic E-state index is 0.416. The number of hydrogen-bond donors (Lipinski definition) is 1. The van der Waals surface area contributed by atoms with E-state index in [0.717, 1.165) is 6.54 Å². The Morgan fingerprint density at radius 1 is 1.06 bits per heavy atom. The Balaban J connectivity index is 2.36. The van der Waals surface area contributed by atoms with Gasteiger partial charge in [0.25, 0.3) is 0 Å². The summed E-state index contributed by atoms with van der Waals surface area (Å²) in [6.45, 7) is 2.62. The van der Waals surface area contributed by atoms with Crippen LogP contribution in [0.2, 0.25) is 15.1 Å². The van der Waals surface area contributed by atoms with Gasteiger partial charge in [0, 0.05) is 25.2 Å². The molecule has 1 rings (SSSR count). The van der Waals surface area contributed by atoms with Crippen LogP contribution in [0.3, 0.4) is 0 Å². The van der Waals surface area contributed by atoms with Crippen LogP contribution in [0.15, 0.2) is 12.1 Å². The first-order valence-corrected chi connectivity index (χ1v) is 6.25. The molecule has 0 unspecified atom stereocenters. The monoisotopic (exact) mass is 297 g/mol. The highest BCUT2D eigenvalue weighted by Crippen LogP contribution is 2.35. The lowest BCUT2D eigenvalue weighted by molar-refractivity contribution is 0.197. The molecule has 0 bridgehead atoms. The lowest BCUT2D eigenvalue weighted by atomic mass is 10.3. The summed E-state index contributed by atoms with van der Waals surface area (Å²) in [6.07, 6.45) is 0. The van der Waals surface area contributed by atoms with E-state index in [-0.39, 0.29) is 0 Å².